The Bertz CT molecular complexity index is 524. The van der Waals surface area contributed by atoms with E-state index in [1.165, 1.54) is 25.7 Å². The van der Waals surface area contributed by atoms with Crippen molar-refractivity contribution >= 4 is 5.69 Å². The molecule has 94 valence electrons. The van der Waals surface area contributed by atoms with Crippen molar-refractivity contribution in [2.75, 3.05) is 5.73 Å². The molecule has 18 heavy (non-hydrogen) atoms. The maximum atomic E-state index is 5.99. The topological polar surface area (TPSA) is 43.8 Å². The highest BCUT2D eigenvalue weighted by Crippen LogP contribution is 2.28. The van der Waals surface area contributed by atoms with E-state index in [1.54, 1.807) is 0 Å². The molecule has 3 rings (SSSR count). The Kier molecular flexibility index (Phi) is 3.05. The maximum absolute atomic E-state index is 5.99. The highest BCUT2D eigenvalue weighted by Gasteiger charge is 2.16. The third-order valence-corrected chi connectivity index (χ3v) is 3.83. The summed E-state index contributed by atoms with van der Waals surface area (Å²) in [6, 6.07) is 7.96. The Morgan fingerprint density at radius 3 is 2.78 bits per heavy atom. The molecule has 0 atom stereocenters. The molecule has 0 aliphatic heterocycles. The number of rotatable bonds is 3. The van der Waals surface area contributed by atoms with E-state index in [0.29, 0.717) is 0 Å². The first-order valence-electron chi connectivity index (χ1n) is 6.70. The average Bonchev–Trinajstić information content (AvgIpc) is 3.02. The summed E-state index contributed by atoms with van der Waals surface area (Å²) in [6.07, 6.45) is 9.49. The smallest absolute Gasteiger partial charge is 0.0569 e. The van der Waals surface area contributed by atoms with Crippen molar-refractivity contribution in [2.24, 2.45) is 5.92 Å². The second-order valence-corrected chi connectivity index (χ2v) is 5.19. The van der Waals surface area contributed by atoms with Crippen LogP contribution in [0.3, 0.4) is 0 Å². The van der Waals surface area contributed by atoms with E-state index in [-0.39, 0.29) is 0 Å². The van der Waals surface area contributed by atoms with E-state index in [0.717, 1.165) is 29.3 Å². The molecule has 1 aliphatic carbocycles. The molecule has 1 aliphatic rings. The van der Waals surface area contributed by atoms with Crippen LogP contribution in [0.5, 0.6) is 0 Å². The lowest BCUT2D eigenvalue weighted by Crippen LogP contribution is -2.07. The van der Waals surface area contributed by atoms with Crippen LogP contribution in [0, 0.1) is 5.92 Å². The van der Waals surface area contributed by atoms with Crippen molar-refractivity contribution in [3.05, 3.63) is 36.7 Å². The molecule has 2 N–H and O–H groups in total. The van der Waals surface area contributed by atoms with Crippen LogP contribution in [0.2, 0.25) is 0 Å². The van der Waals surface area contributed by atoms with Crippen LogP contribution in [-0.4, -0.2) is 9.78 Å². The normalized spacial score (nSPS) is 16.2. The van der Waals surface area contributed by atoms with Crippen LogP contribution in [-0.2, 0) is 6.54 Å². The second kappa shape index (κ2) is 4.84. The van der Waals surface area contributed by atoms with E-state index in [9.17, 15) is 0 Å². The van der Waals surface area contributed by atoms with Crippen molar-refractivity contribution < 1.29 is 0 Å². The molecule has 3 heteroatoms. The molecule has 2 aromatic rings. The molecule has 1 aromatic heterocycles. The number of aromatic nitrogens is 2. The van der Waals surface area contributed by atoms with E-state index in [4.69, 9.17) is 5.73 Å². The molecule has 1 fully saturated rings. The molecule has 1 saturated carbocycles. The number of nitrogens with two attached hydrogens (primary N) is 1. The minimum Gasteiger partial charge on any atom is -0.398 e. The summed E-state index contributed by atoms with van der Waals surface area (Å²) in [6.45, 7) is 1.05. The Morgan fingerprint density at radius 1 is 1.22 bits per heavy atom. The predicted octanol–water partition coefficient (Wildman–Crippen LogP) is 3.32. The third-order valence-electron chi connectivity index (χ3n) is 3.83. The standard InChI is InChI=1S/C15H19N3/c16-15-8-4-3-7-14(15)13-9-17-18(11-13)10-12-5-1-2-6-12/h3-4,7-9,11-12H,1-2,5-6,10,16H2. The molecular formula is C15H19N3. The van der Waals surface area contributed by atoms with Gasteiger partial charge in [0.05, 0.1) is 6.20 Å². The summed E-state index contributed by atoms with van der Waals surface area (Å²) in [5.41, 5.74) is 9.00. The molecular weight excluding hydrogens is 222 g/mol. The van der Waals surface area contributed by atoms with Gasteiger partial charge in [0, 0.05) is 29.6 Å². The highest BCUT2D eigenvalue weighted by atomic mass is 15.3. The van der Waals surface area contributed by atoms with Gasteiger partial charge in [0.1, 0.15) is 0 Å². The second-order valence-electron chi connectivity index (χ2n) is 5.19. The zero-order valence-corrected chi connectivity index (χ0v) is 10.5. The zero-order chi connectivity index (χ0) is 12.4. The fraction of sp³-hybridized carbons (Fsp3) is 0.400. The van der Waals surface area contributed by atoms with Gasteiger partial charge in [-0.25, -0.2) is 0 Å². The molecule has 0 amide bonds. The number of benzene rings is 1. The van der Waals surface area contributed by atoms with Crippen molar-refractivity contribution in [2.45, 2.75) is 32.2 Å². The minimum atomic E-state index is 0.811. The average molecular weight is 241 g/mol. The Labute approximate surface area is 108 Å². The molecule has 0 radical (unpaired) electrons. The van der Waals surface area contributed by atoms with Gasteiger partial charge >= 0.3 is 0 Å². The number of hydrogen-bond donors (Lipinski definition) is 1. The van der Waals surface area contributed by atoms with Crippen LogP contribution >= 0.6 is 0 Å². The largest absolute Gasteiger partial charge is 0.398 e. The number of anilines is 1. The van der Waals surface area contributed by atoms with E-state index in [1.807, 2.05) is 30.5 Å². The van der Waals surface area contributed by atoms with Gasteiger partial charge in [0.15, 0.2) is 0 Å². The summed E-state index contributed by atoms with van der Waals surface area (Å²) >= 11 is 0. The van der Waals surface area contributed by atoms with Crippen LogP contribution in [0.4, 0.5) is 5.69 Å². The lowest BCUT2D eigenvalue weighted by Gasteiger charge is -2.08. The summed E-state index contributed by atoms with van der Waals surface area (Å²) < 4.78 is 2.07. The molecule has 1 aromatic carbocycles. The predicted molar refractivity (Wildman–Crippen MR) is 74.0 cm³/mol. The monoisotopic (exact) mass is 241 g/mol. The molecule has 0 spiro atoms. The maximum Gasteiger partial charge on any atom is 0.0569 e. The first-order valence-corrected chi connectivity index (χ1v) is 6.70. The molecule has 0 bridgehead atoms. The van der Waals surface area contributed by atoms with Gasteiger partial charge < -0.3 is 5.73 Å². The van der Waals surface area contributed by atoms with Gasteiger partial charge in [-0.05, 0) is 24.8 Å². The van der Waals surface area contributed by atoms with Gasteiger partial charge in [-0.3, -0.25) is 4.68 Å². The van der Waals surface area contributed by atoms with Crippen molar-refractivity contribution in [3.63, 3.8) is 0 Å². The van der Waals surface area contributed by atoms with E-state index >= 15 is 0 Å². The summed E-state index contributed by atoms with van der Waals surface area (Å²) in [5, 5.41) is 4.46. The Balaban J connectivity index is 1.79. The van der Waals surface area contributed by atoms with Gasteiger partial charge in [0.25, 0.3) is 0 Å². The van der Waals surface area contributed by atoms with Crippen molar-refractivity contribution in [1.82, 2.24) is 9.78 Å². The van der Waals surface area contributed by atoms with E-state index in [2.05, 4.69) is 16.0 Å². The van der Waals surface area contributed by atoms with Crippen LogP contribution in [0.15, 0.2) is 36.7 Å². The SMILES string of the molecule is Nc1ccccc1-c1cnn(CC2CCCC2)c1. The van der Waals surface area contributed by atoms with Crippen LogP contribution in [0.25, 0.3) is 11.1 Å². The Hall–Kier alpha value is -1.77. The molecule has 0 unspecified atom stereocenters. The van der Waals surface area contributed by atoms with Gasteiger partial charge in [-0.15, -0.1) is 0 Å². The summed E-state index contributed by atoms with van der Waals surface area (Å²) in [7, 11) is 0. The Morgan fingerprint density at radius 2 is 2.00 bits per heavy atom. The summed E-state index contributed by atoms with van der Waals surface area (Å²) in [4.78, 5) is 0. The fourth-order valence-electron chi connectivity index (χ4n) is 2.82. The van der Waals surface area contributed by atoms with Crippen LogP contribution in [0.1, 0.15) is 25.7 Å². The number of para-hydroxylation sites is 1. The van der Waals surface area contributed by atoms with Gasteiger partial charge in [-0.1, -0.05) is 31.0 Å². The highest BCUT2D eigenvalue weighted by molar-refractivity contribution is 5.75. The zero-order valence-electron chi connectivity index (χ0n) is 10.5. The first kappa shape index (κ1) is 11.3. The first-order chi connectivity index (χ1) is 8.83. The number of nitrogen functional groups attached to an aromatic ring is 1. The molecule has 3 nitrogen and oxygen atoms in total. The summed E-state index contributed by atoms with van der Waals surface area (Å²) in [5.74, 6) is 0.811. The number of hydrogen-bond acceptors (Lipinski definition) is 2. The fourth-order valence-corrected chi connectivity index (χ4v) is 2.82. The van der Waals surface area contributed by atoms with Crippen molar-refractivity contribution in [1.29, 1.82) is 0 Å². The lowest BCUT2D eigenvalue weighted by atomic mass is 10.1. The van der Waals surface area contributed by atoms with Gasteiger partial charge in [0.2, 0.25) is 0 Å². The lowest BCUT2D eigenvalue weighted by molar-refractivity contribution is 0.429. The minimum absolute atomic E-state index is 0.811. The van der Waals surface area contributed by atoms with Crippen molar-refractivity contribution in [3.8, 4) is 11.1 Å². The van der Waals surface area contributed by atoms with Crippen LogP contribution < -0.4 is 5.73 Å². The quantitative estimate of drug-likeness (QED) is 0.838. The van der Waals surface area contributed by atoms with E-state index < -0.39 is 0 Å². The third kappa shape index (κ3) is 2.26. The molecule has 0 saturated heterocycles. The van der Waals surface area contributed by atoms with Gasteiger partial charge in [-0.2, -0.15) is 5.10 Å². The molecule has 1 heterocycles. The number of nitrogens with zero attached hydrogens (tertiary/aromatic N) is 2.